The molecule has 5 heteroatoms. The second-order valence-corrected chi connectivity index (χ2v) is 4.49. The van der Waals surface area contributed by atoms with E-state index in [2.05, 4.69) is 0 Å². The van der Waals surface area contributed by atoms with Gasteiger partial charge in [0, 0.05) is 13.0 Å². The zero-order valence-corrected chi connectivity index (χ0v) is 10.8. The van der Waals surface area contributed by atoms with E-state index in [0.717, 1.165) is 11.3 Å². The maximum atomic E-state index is 11.7. The number of carboxylic acids is 1. The Kier molecular flexibility index (Phi) is 4.04. The van der Waals surface area contributed by atoms with Gasteiger partial charge in [-0.3, -0.25) is 4.79 Å². The van der Waals surface area contributed by atoms with E-state index in [1.807, 2.05) is 31.2 Å². The largest absolute Gasteiger partial charge is 0.494 e. The molecule has 0 bridgehead atoms. The van der Waals surface area contributed by atoms with Crippen LogP contribution in [0.1, 0.15) is 25.3 Å². The minimum Gasteiger partial charge on any atom is -0.494 e. The maximum absolute atomic E-state index is 11.7. The Labute approximate surface area is 111 Å². The smallest absolute Gasteiger partial charge is 0.326 e. The molecule has 1 unspecified atom stereocenters. The highest BCUT2D eigenvalue weighted by molar-refractivity contribution is 5.87. The Bertz CT molecular complexity index is 486. The van der Waals surface area contributed by atoms with E-state index in [1.165, 1.54) is 4.90 Å². The van der Waals surface area contributed by atoms with Crippen molar-refractivity contribution in [1.82, 2.24) is 4.90 Å². The van der Waals surface area contributed by atoms with Crippen molar-refractivity contribution in [1.29, 1.82) is 0 Å². The molecule has 1 aromatic carbocycles. The van der Waals surface area contributed by atoms with Crippen LogP contribution in [0.2, 0.25) is 0 Å². The predicted molar refractivity (Wildman–Crippen MR) is 68.8 cm³/mol. The zero-order chi connectivity index (χ0) is 13.8. The van der Waals surface area contributed by atoms with Gasteiger partial charge in [-0.1, -0.05) is 12.1 Å². The molecule has 1 aliphatic heterocycles. The third-order valence-corrected chi connectivity index (χ3v) is 3.18. The molecule has 1 N–H and O–H groups in total. The van der Waals surface area contributed by atoms with Crippen LogP contribution in [0.4, 0.5) is 0 Å². The molecule has 102 valence electrons. The molecule has 19 heavy (non-hydrogen) atoms. The Balaban J connectivity index is 2.13. The first-order chi connectivity index (χ1) is 9.11. The summed E-state index contributed by atoms with van der Waals surface area (Å²) >= 11 is 0. The molecular weight excluding hydrogens is 246 g/mol. The summed E-state index contributed by atoms with van der Waals surface area (Å²) in [6.45, 7) is 2.79. The summed E-state index contributed by atoms with van der Waals surface area (Å²) in [5, 5.41) is 9.10. The molecule has 0 aromatic heterocycles. The maximum Gasteiger partial charge on any atom is 0.326 e. The zero-order valence-electron chi connectivity index (χ0n) is 10.8. The number of carbonyl (C=O) groups is 2. The van der Waals surface area contributed by atoms with E-state index < -0.39 is 12.0 Å². The number of nitrogens with zero attached hydrogens (tertiary/aromatic N) is 1. The Morgan fingerprint density at radius 2 is 2.32 bits per heavy atom. The van der Waals surface area contributed by atoms with Crippen molar-refractivity contribution in [3.63, 3.8) is 0 Å². The molecule has 1 atom stereocenters. The van der Waals surface area contributed by atoms with Crippen molar-refractivity contribution in [2.24, 2.45) is 0 Å². The van der Waals surface area contributed by atoms with Gasteiger partial charge >= 0.3 is 5.97 Å². The Morgan fingerprint density at radius 1 is 1.53 bits per heavy atom. The van der Waals surface area contributed by atoms with Crippen LogP contribution in [0, 0.1) is 0 Å². The lowest BCUT2D eigenvalue weighted by Gasteiger charge is -2.21. The molecule has 1 amide bonds. The van der Waals surface area contributed by atoms with Crippen LogP contribution in [0.5, 0.6) is 5.75 Å². The molecule has 0 radical (unpaired) electrons. The lowest BCUT2D eigenvalue weighted by atomic mass is 10.1. The van der Waals surface area contributed by atoms with E-state index in [9.17, 15) is 9.59 Å². The standard InChI is InChI=1S/C14H17NO4/c1-2-19-11-5-3-4-10(8-11)9-15-12(14(17)18)6-7-13(15)16/h3-5,8,12H,2,6-7,9H2,1H3,(H,17,18). The summed E-state index contributed by atoms with van der Waals surface area (Å²) < 4.78 is 5.39. The quantitative estimate of drug-likeness (QED) is 0.877. The third-order valence-electron chi connectivity index (χ3n) is 3.18. The topological polar surface area (TPSA) is 66.8 Å². The van der Waals surface area contributed by atoms with Crippen LogP contribution in [-0.2, 0) is 16.1 Å². The fraction of sp³-hybridized carbons (Fsp3) is 0.429. The monoisotopic (exact) mass is 263 g/mol. The van der Waals surface area contributed by atoms with Gasteiger partial charge in [0.05, 0.1) is 6.61 Å². The van der Waals surface area contributed by atoms with Crippen LogP contribution >= 0.6 is 0 Å². The van der Waals surface area contributed by atoms with Crippen molar-refractivity contribution < 1.29 is 19.4 Å². The molecule has 1 aliphatic rings. The number of aliphatic carboxylic acids is 1. The van der Waals surface area contributed by atoms with Crippen molar-refractivity contribution >= 4 is 11.9 Å². The van der Waals surface area contributed by atoms with Gasteiger partial charge in [0.25, 0.3) is 0 Å². The minimum absolute atomic E-state index is 0.103. The first kappa shape index (κ1) is 13.4. The van der Waals surface area contributed by atoms with Gasteiger partial charge in [-0.05, 0) is 31.0 Å². The van der Waals surface area contributed by atoms with Crippen molar-refractivity contribution in [3.05, 3.63) is 29.8 Å². The normalized spacial score (nSPS) is 18.7. The molecule has 0 spiro atoms. The van der Waals surface area contributed by atoms with Crippen LogP contribution in [0.15, 0.2) is 24.3 Å². The van der Waals surface area contributed by atoms with E-state index in [1.54, 1.807) is 0 Å². The average Bonchev–Trinajstić information content (AvgIpc) is 2.72. The van der Waals surface area contributed by atoms with Crippen molar-refractivity contribution in [2.45, 2.75) is 32.4 Å². The highest BCUT2D eigenvalue weighted by Gasteiger charge is 2.35. The summed E-state index contributed by atoms with van der Waals surface area (Å²) in [5.41, 5.74) is 0.882. The number of amides is 1. The second kappa shape index (κ2) is 5.73. The van der Waals surface area contributed by atoms with Gasteiger partial charge in [-0.25, -0.2) is 4.79 Å². The average molecular weight is 263 g/mol. The van der Waals surface area contributed by atoms with Crippen LogP contribution < -0.4 is 4.74 Å². The number of hydrogen-bond acceptors (Lipinski definition) is 3. The number of rotatable bonds is 5. The number of ether oxygens (including phenoxy) is 1. The molecule has 0 saturated carbocycles. The van der Waals surface area contributed by atoms with Gasteiger partial charge in [0.1, 0.15) is 11.8 Å². The minimum atomic E-state index is -0.938. The summed E-state index contributed by atoms with van der Waals surface area (Å²) in [5.74, 6) is -0.306. The van der Waals surface area contributed by atoms with E-state index in [-0.39, 0.29) is 5.91 Å². The van der Waals surface area contributed by atoms with Crippen LogP contribution in [0.25, 0.3) is 0 Å². The van der Waals surface area contributed by atoms with Crippen LogP contribution in [-0.4, -0.2) is 34.5 Å². The van der Waals surface area contributed by atoms with Crippen molar-refractivity contribution in [2.75, 3.05) is 6.61 Å². The summed E-state index contributed by atoms with van der Waals surface area (Å²) in [4.78, 5) is 24.3. The molecule has 1 heterocycles. The number of benzene rings is 1. The highest BCUT2D eigenvalue weighted by atomic mass is 16.5. The van der Waals surface area contributed by atoms with Gasteiger partial charge in [-0.2, -0.15) is 0 Å². The lowest BCUT2D eigenvalue weighted by molar-refractivity contribution is -0.146. The number of carboxylic acid groups (broad SMARTS) is 1. The van der Waals surface area contributed by atoms with E-state index in [0.29, 0.717) is 26.0 Å². The van der Waals surface area contributed by atoms with Crippen LogP contribution in [0.3, 0.4) is 0 Å². The van der Waals surface area contributed by atoms with E-state index in [4.69, 9.17) is 9.84 Å². The molecule has 1 aromatic rings. The number of carbonyl (C=O) groups excluding carboxylic acids is 1. The first-order valence-corrected chi connectivity index (χ1v) is 6.36. The number of likely N-dealkylation sites (tertiary alicyclic amines) is 1. The summed E-state index contributed by atoms with van der Waals surface area (Å²) in [6.07, 6.45) is 0.696. The summed E-state index contributed by atoms with van der Waals surface area (Å²) in [6, 6.07) is 6.69. The molecule has 1 saturated heterocycles. The SMILES string of the molecule is CCOc1cccc(CN2C(=O)CCC2C(=O)O)c1. The molecule has 5 nitrogen and oxygen atoms in total. The van der Waals surface area contributed by atoms with Gasteiger partial charge < -0.3 is 14.7 Å². The molecule has 0 aliphatic carbocycles. The second-order valence-electron chi connectivity index (χ2n) is 4.49. The summed E-state index contributed by atoms with van der Waals surface area (Å²) in [7, 11) is 0. The van der Waals surface area contributed by atoms with Gasteiger partial charge in [0.2, 0.25) is 5.91 Å². The number of hydrogen-bond donors (Lipinski definition) is 1. The highest BCUT2D eigenvalue weighted by Crippen LogP contribution is 2.23. The van der Waals surface area contributed by atoms with Gasteiger partial charge in [0.15, 0.2) is 0 Å². The van der Waals surface area contributed by atoms with Gasteiger partial charge in [-0.15, -0.1) is 0 Å². The molecule has 1 fully saturated rings. The fourth-order valence-corrected chi connectivity index (χ4v) is 2.29. The first-order valence-electron chi connectivity index (χ1n) is 6.36. The predicted octanol–water partition coefficient (Wildman–Crippen LogP) is 1.66. The van der Waals surface area contributed by atoms with Crippen molar-refractivity contribution in [3.8, 4) is 5.75 Å². The third kappa shape index (κ3) is 3.05. The lowest BCUT2D eigenvalue weighted by Crippen LogP contribution is -2.37. The molecular formula is C14H17NO4. The van der Waals surface area contributed by atoms with E-state index >= 15 is 0 Å². The Hall–Kier alpha value is -2.04. The molecule has 2 rings (SSSR count). The fourth-order valence-electron chi connectivity index (χ4n) is 2.29. The Morgan fingerprint density at radius 3 is 3.00 bits per heavy atom.